The van der Waals surface area contributed by atoms with Crippen molar-refractivity contribution in [3.8, 4) is 5.75 Å². The Morgan fingerprint density at radius 3 is 2.33 bits per heavy atom. The molecule has 0 N–H and O–H groups in total. The molecule has 0 unspecified atom stereocenters. The van der Waals surface area contributed by atoms with Crippen LogP contribution in [0.5, 0.6) is 5.75 Å². The molecule has 2 rings (SSSR count). The molecule has 2 aromatic carbocycles. The van der Waals surface area contributed by atoms with Crippen LogP contribution in [0.1, 0.15) is 10.4 Å². The highest BCUT2D eigenvalue weighted by molar-refractivity contribution is 6.30. The fourth-order valence-corrected chi connectivity index (χ4v) is 1.94. The summed E-state index contributed by atoms with van der Waals surface area (Å²) >= 11 is 5.87. The van der Waals surface area contributed by atoms with Gasteiger partial charge in [0.15, 0.2) is 0 Å². The molecular formula is C16H17BrClNO2. The van der Waals surface area contributed by atoms with Gasteiger partial charge in [0.05, 0.1) is 26.7 Å². The van der Waals surface area contributed by atoms with E-state index in [0.29, 0.717) is 20.8 Å². The standard InChI is InChI=1S/C16H17ClNO2.BrH/c1-18(2,3)14-8-5-9-15(11-14)20-16(19)12-6-4-7-13(17)10-12;/h4-11H,1-3H3;1H/q+1;/p-1. The third-order valence-corrected chi connectivity index (χ3v) is 3.10. The van der Waals surface area contributed by atoms with Gasteiger partial charge in [-0.15, -0.1) is 0 Å². The normalized spacial score (nSPS) is 10.7. The number of carbonyl (C=O) groups is 1. The molecule has 21 heavy (non-hydrogen) atoms. The number of hydrogen-bond donors (Lipinski definition) is 0. The molecule has 0 spiro atoms. The highest BCUT2D eigenvalue weighted by Crippen LogP contribution is 2.23. The van der Waals surface area contributed by atoms with E-state index in [4.69, 9.17) is 16.3 Å². The van der Waals surface area contributed by atoms with Gasteiger partial charge in [0.2, 0.25) is 0 Å². The van der Waals surface area contributed by atoms with E-state index in [0.717, 1.165) is 5.69 Å². The molecule has 0 aliphatic rings. The number of nitrogens with zero attached hydrogens (tertiary/aromatic N) is 1. The van der Waals surface area contributed by atoms with Crippen LogP contribution in [0.3, 0.4) is 0 Å². The van der Waals surface area contributed by atoms with Crippen LogP contribution < -0.4 is 26.2 Å². The van der Waals surface area contributed by atoms with Crippen molar-refractivity contribution < 1.29 is 26.5 Å². The molecule has 0 aliphatic heterocycles. The zero-order chi connectivity index (χ0) is 14.8. The Morgan fingerprint density at radius 2 is 1.71 bits per heavy atom. The van der Waals surface area contributed by atoms with Crippen molar-refractivity contribution in [2.45, 2.75) is 0 Å². The van der Waals surface area contributed by atoms with Crippen LogP contribution in [-0.4, -0.2) is 27.1 Å². The molecular weight excluding hydrogens is 354 g/mol. The van der Waals surface area contributed by atoms with Gasteiger partial charge < -0.3 is 21.7 Å². The van der Waals surface area contributed by atoms with Crippen molar-refractivity contribution >= 4 is 23.3 Å². The smallest absolute Gasteiger partial charge is 0.343 e. The van der Waals surface area contributed by atoms with Crippen LogP contribution in [-0.2, 0) is 0 Å². The van der Waals surface area contributed by atoms with E-state index in [1.54, 1.807) is 30.3 Å². The molecule has 0 radical (unpaired) electrons. The highest BCUT2D eigenvalue weighted by atomic mass is 79.9. The number of halogens is 2. The zero-order valence-electron chi connectivity index (χ0n) is 12.1. The Bertz CT molecular complexity index is 638. The van der Waals surface area contributed by atoms with Crippen LogP contribution >= 0.6 is 11.6 Å². The Kier molecular flexibility index (Phi) is 5.96. The van der Waals surface area contributed by atoms with Crippen LogP contribution in [0.15, 0.2) is 48.5 Å². The van der Waals surface area contributed by atoms with Gasteiger partial charge >= 0.3 is 5.97 Å². The molecule has 5 heteroatoms. The van der Waals surface area contributed by atoms with Gasteiger partial charge in [-0.25, -0.2) is 4.79 Å². The topological polar surface area (TPSA) is 26.3 Å². The summed E-state index contributed by atoms with van der Waals surface area (Å²) in [6.45, 7) is 0. The lowest BCUT2D eigenvalue weighted by Gasteiger charge is -2.23. The average molecular weight is 371 g/mol. The molecule has 0 aliphatic carbocycles. The van der Waals surface area contributed by atoms with Crippen LogP contribution in [0, 0.1) is 0 Å². The first-order valence-electron chi connectivity index (χ1n) is 6.26. The van der Waals surface area contributed by atoms with Gasteiger partial charge in [-0.1, -0.05) is 23.7 Å². The molecule has 3 nitrogen and oxygen atoms in total. The molecule has 2 aromatic rings. The van der Waals surface area contributed by atoms with Gasteiger partial charge in [-0.2, -0.15) is 0 Å². The fraction of sp³-hybridized carbons (Fsp3) is 0.188. The van der Waals surface area contributed by atoms with Crippen molar-refractivity contribution in [1.82, 2.24) is 4.48 Å². The summed E-state index contributed by atoms with van der Waals surface area (Å²) in [5.41, 5.74) is 1.49. The lowest BCUT2D eigenvalue weighted by molar-refractivity contribution is -0.0000171. The van der Waals surface area contributed by atoms with Crippen LogP contribution in [0.2, 0.25) is 5.02 Å². The predicted molar refractivity (Wildman–Crippen MR) is 82.4 cm³/mol. The summed E-state index contributed by atoms with van der Waals surface area (Å²) in [7, 11) is 6.16. The molecule has 0 amide bonds. The van der Waals surface area contributed by atoms with E-state index < -0.39 is 5.97 Å². The molecule has 0 saturated heterocycles. The second-order valence-electron chi connectivity index (χ2n) is 5.41. The SMILES string of the molecule is C[N+](C)(C)c1cccc(OC(=O)c2cccc(Cl)c2)c1.[Br-]. The summed E-state index contributed by atoms with van der Waals surface area (Å²) in [6.07, 6.45) is 0. The maximum atomic E-state index is 12.0. The Hall–Kier alpha value is -1.36. The second-order valence-corrected chi connectivity index (χ2v) is 5.85. The van der Waals surface area contributed by atoms with Gasteiger partial charge in [0, 0.05) is 11.1 Å². The van der Waals surface area contributed by atoms with Gasteiger partial charge in [-0.3, -0.25) is 4.48 Å². The minimum absolute atomic E-state index is 0. The predicted octanol–water partition coefficient (Wildman–Crippen LogP) is 0.760. The van der Waals surface area contributed by atoms with E-state index in [2.05, 4.69) is 21.1 Å². The number of ether oxygens (including phenoxy) is 1. The maximum absolute atomic E-state index is 12.0. The molecule has 0 aromatic heterocycles. The van der Waals surface area contributed by atoms with E-state index in [9.17, 15) is 4.79 Å². The fourth-order valence-electron chi connectivity index (χ4n) is 1.75. The largest absolute Gasteiger partial charge is 1.00 e. The number of esters is 1. The Morgan fingerprint density at radius 1 is 1.05 bits per heavy atom. The monoisotopic (exact) mass is 369 g/mol. The van der Waals surface area contributed by atoms with Gasteiger partial charge in [-0.05, 0) is 30.3 Å². The van der Waals surface area contributed by atoms with Crippen molar-refractivity contribution in [3.05, 3.63) is 59.1 Å². The lowest BCUT2D eigenvalue weighted by atomic mass is 10.2. The van der Waals surface area contributed by atoms with Gasteiger partial charge in [0.1, 0.15) is 11.4 Å². The maximum Gasteiger partial charge on any atom is 0.343 e. The molecule has 0 bridgehead atoms. The van der Waals surface area contributed by atoms with Crippen molar-refractivity contribution in [1.29, 1.82) is 0 Å². The first kappa shape index (κ1) is 17.7. The van der Waals surface area contributed by atoms with Gasteiger partial charge in [0.25, 0.3) is 0 Å². The van der Waals surface area contributed by atoms with Crippen LogP contribution in [0.4, 0.5) is 5.69 Å². The Labute approximate surface area is 140 Å². The third kappa shape index (κ3) is 4.84. The summed E-state index contributed by atoms with van der Waals surface area (Å²) in [4.78, 5) is 12.0. The number of hydrogen-bond acceptors (Lipinski definition) is 2. The van der Waals surface area contributed by atoms with Crippen LogP contribution in [0.25, 0.3) is 0 Å². The first-order valence-corrected chi connectivity index (χ1v) is 6.64. The summed E-state index contributed by atoms with van der Waals surface area (Å²) in [6, 6.07) is 14.2. The minimum Gasteiger partial charge on any atom is -1.00 e. The number of carbonyl (C=O) groups excluding carboxylic acids is 1. The van der Waals surface area contributed by atoms with Crippen molar-refractivity contribution in [3.63, 3.8) is 0 Å². The number of rotatable bonds is 3. The van der Waals surface area contributed by atoms with E-state index >= 15 is 0 Å². The van der Waals surface area contributed by atoms with Crippen molar-refractivity contribution in [2.24, 2.45) is 0 Å². The molecule has 112 valence electrons. The lowest BCUT2D eigenvalue weighted by Crippen LogP contribution is -3.00. The zero-order valence-corrected chi connectivity index (χ0v) is 14.5. The van der Waals surface area contributed by atoms with E-state index in [1.165, 1.54) is 0 Å². The first-order chi connectivity index (χ1) is 9.36. The minimum atomic E-state index is -0.411. The number of benzene rings is 2. The summed E-state index contributed by atoms with van der Waals surface area (Å²) < 4.78 is 6.04. The quantitative estimate of drug-likeness (QED) is 0.453. The summed E-state index contributed by atoms with van der Waals surface area (Å²) in [5, 5.41) is 0.513. The van der Waals surface area contributed by atoms with Crippen molar-refractivity contribution in [2.75, 3.05) is 21.1 Å². The second kappa shape index (κ2) is 7.07. The Balaban J connectivity index is 0.00000220. The molecule has 0 saturated carbocycles. The highest BCUT2D eigenvalue weighted by Gasteiger charge is 2.14. The molecule has 0 atom stereocenters. The van der Waals surface area contributed by atoms with E-state index in [-0.39, 0.29) is 17.0 Å². The number of quaternary nitrogens is 1. The molecule has 0 heterocycles. The molecule has 0 fully saturated rings. The summed E-state index contributed by atoms with van der Waals surface area (Å²) in [5.74, 6) is 0.117. The van der Waals surface area contributed by atoms with E-state index in [1.807, 2.05) is 18.2 Å². The third-order valence-electron chi connectivity index (χ3n) is 2.86. The average Bonchev–Trinajstić information content (AvgIpc) is 2.38.